The molecule has 0 atom stereocenters. The van der Waals surface area contributed by atoms with Crippen LogP contribution in [0.25, 0.3) is 0 Å². The minimum Gasteiger partial charge on any atom is -0.340 e. The van der Waals surface area contributed by atoms with Crippen LogP contribution in [0.1, 0.15) is 38.5 Å². The number of carbonyl (C=O) groups is 1. The fourth-order valence-corrected chi connectivity index (χ4v) is 4.84. The smallest absolute Gasteiger partial charge is 0.282 e. The Morgan fingerprint density at radius 2 is 1.73 bits per heavy atom. The second-order valence-corrected chi connectivity index (χ2v) is 8.12. The molecule has 1 saturated carbocycles. The van der Waals surface area contributed by atoms with E-state index in [4.69, 9.17) is 5.73 Å². The number of piperazine rings is 1. The van der Waals surface area contributed by atoms with Gasteiger partial charge in [-0.1, -0.05) is 19.3 Å². The molecule has 1 aliphatic carbocycles. The zero-order chi connectivity index (χ0) is 16.2. The second kappa shape index (κ2) is 7.72. The number of amides is 1. The molecule has 0 unspecified atom stereocenters. The van der Waals surface area contributed by atoms with Gasteiger partial charge in [0, 0.05) is 52.2 Å². The Hall–Kier alpha value is -0.700. The first-order chi connectivity index (χ1) is 10.5. The third-order valence-electron chi connectivity index (χ3n) is 4.73. The van der Waals surface area contributed by atoms with Crippen LogP contribution in [-0.4, -0.2) is 73.6 Å². The summed E-state index contributed by atoms with van der Waals surface area (Å²) in [5, 5.41) is 0. The van der Waals surface area contributed by atoms with Crippen molar-refractivity contribution in [2.45, 2.75) is 44.6 Å². The molecule has 1 heterocycles. The predicted octanol–water partition coefficient (Wildman–Crippen LogP) is -0.0113. The number of carbonyl (C=O) groups excluding carboxylic acids is 1. The van der Waals surface area contributed by atoms with E-state index in [2.05, 4.69) is 0 Å². The lowest BCUT2D eigenvalue weighted by Gasteiger charge is -2.38. The van der Waals surface area contributed by atoms with Crippen molar-refractivity contribution in [1.82, 2.24) is 13.5 Å². The third kappa shape index (κ3) is 3.98. The molecule has 0 bridgehead atoms. The molecule has 128 valence electrons. The van der Waals surface area contributed by atoms with Gasteiger partial charge in [-0.3, -0.25) is 4.79 Å². The zero-order valence-corrected chi connectivity index (χ0v) is 14.2. The molecule has 22 heavy (non-hydrogen) atoms. The van der Waals surface area contributed by atoms with Gasteiger partial charge in [-0.15, -0.1) is 0 Å². The first-order valence-electron chi connectivity index (χ1n) is 8.17. The first kappa shape index (κ1) is 17.7. The highest BCUT2D eigenvalue weighted by Crippen LogP contribution is 2.25. The van der Waals surface area contributed by atoms with Gasteiger partial charge in [-0.25, -0.2) is 0 Å². The van der Waals surface area contributed by atoms with E-state index < -0.39 is 10.2 Å². The SMILES string of the molecule is CN(C1CCCCC1)S(=O)(=O)N1CCN(C(=O)CCN)CC1. The monoisotopic (exact) mass is 332 g/mol. The Bertz CT molecular complexity index is 468. The third-order valence-corrected chi connectivity index (χ3v) is 6.77. The van der Waals surface area contributed by atoms with E-state index in [0.717, 1.165) is 25.7 Å². The standard InChI is InChI=1S/C14H28N4O3S/c1-16(13-5-3-2-4-6-13)22(20,21)18-11-9-17(10-12-18)14(19)7-8-15/h13H,2-12,15H2,1H3. The lowest BCUT2D eigenvalue weighted by molar-refractivity contribution is -0.132. The van der Waals surface area contributed by atoms with Gasteiger partial charge < -0.3 is 10.6 Å². The quantitative estimate of drug-likeness (QED) is 0.767. The summed E-state index contributed by atoms with van der Waals surface area (Å²) in [5.74, 6) is 0.0141. The Labute approximate surface area is 133 Å². The van der Waals surface area contributed by atoms with Crippen LogP contribution in [0.2, 0.25) is 0 Å². The van der Waals surface area contributed by atoms with E-state index in [1.165, 1.54) is 10.7 Å². The number of hydrogen-bond donors (Lipinski definition) is 1. The molecule has 1 amide bonds. The van der Waals surface area contributed by atoms with Crippen LogP contribution in [-0.2, 0) is 15.0 Å². The van der Waals surface area contributed by atoms with Crippen LogP contribution in [0.4, 0.5) is 0 Å². The first-order valence-corrected chi connectivity index (χ1v) is 9.57. The van der Waals surface area contributed by atoms with Crippen molar-refractivity contribution in [1.29, 1.82) is 0 Å². The summed E-state index contributed by atoms with van der Waals surface area (Å²) in [6, 6.07) is 0.121. The summed E-state index contributed by atoms with van der Waals surface area (Å²) in [7, 11) is -1.73. The van der Waals surface area contributed by atoms with Crippen LogP contribution in [0.3, 0.4) is 0 Å². The maximum Gasteiger partial charge on any atom is 0.282 e. The molecule has 1 aliphatic heterocycles. The summed E-state index contributed by atoms with van der Waals surface area (Å²) in [6.45, 7) is 1.99. The number of nitrogens with two attached hydrogens (primary N) is 1. The average Bonchev–Trinajstić information content (AvgIpc) is 2.55. The Balaban J connectivity index is 1.92. The van der Waals surface area contributed by atoms with E-state index in [9.17, 15) is 13.2 Å². The summed E-state index contributed by atoms with van der Waals surface area (Å²) < 4.78 is 28.5. The summed E-state index contributed by atoms with van der Waals surface area (Å²) in [6.07, 6.45) is 5.63. The van der Waals surface area contributed by atoms with Crippen molar-refractivity contribution in [3.63, 3.8) is 0 Å². The second-order valence-electron chi connectivity index (χ2n) is 6.13. The molecule has 2 aliphatic rings. The average molecular weight is 332 g/mol. The molecule has 7 nitrogen and oxygen atoms in total. The molecule has 0 aromatic rings. The van der Waals surface area contributed by atoms with Gasteiger partial charge in [0.15, 0.2) is 0 Å². The largest absolute Gasteiger partial charge is 0.340 e. The van der Waals surface area contributed by atoms with Crippen LogP contribution in [0, 0.1) is 0 Å². The van der Waals surface area contributed by atoms with E-state index in [-0.39, 0.29) is 11.9 Å². The number of nitrogens with zero attached hydrogens (tertiary/aromatic N) is 3. The zero-order valence-electron chi connectivity index (χ0n) is 13.4. The highest BCUT2D eigenvalue weighted by Gasteiger charge is 2.35. The Morgan fingerprint density at radius 1 is 1.14 bits per heavy atom. The topological polar surface area (TPSA) is 87.0 Å². The van der Waals surface area contributed by atoms with Gasteiger partial charge in [0.05, 0.1) is 0 Å². The minimum atomic E-state index is -3.42. The molecule has 0 aromatic carbocycles. The van der Waals surface area contributed by atoms with Crippen molar-refractivity contribution in [3.8, 4) is 0 Å². The Kier molecular flexibility index (Phi) is 6.19. The van der Waals surface area contributed by atoms with Gasteiger partial charge in [0.2, 0.25) is 5.91 Å². The van der Waals surface area contributed by atoms with Crippen molar-refractivity contribution in [3.05, 3.63) is 0 Å². The molecular weight excluding hydrogens is 304 g/mol. The van der Waals surface area contributed by atoms with Crippen LogP contribution in [0.5, 0.6) is 0 Å². The lowest BCUT2D eigenvalue weighted by Crippen LogP contribution is -2.55. The Morgan fingerprint density at radius 3 is 2.27 bits per heavy atom. The van der Waals surface area contributed by atoms with Gasteiger partial charge in [0.1, 0.15) is 0 Å². The maximum atomic E-state index is 12.7. The minimum absolute atomic E-state index is 0.0141. The number of hydrogen-bond acceptors (Lipinski definition) is 4. The van der Waals surface area contributed by atoms with Crippen molar-refractivity contribution in [2.75, 3.05) is 39.8 Å². The van der Waals surface area contributed by atoms with Crippen LogP contribution in [0.15, 0.2) is 0 Å². The van der Waals surface area contributed by atoms with E-state index in [1.807, 2.05) is 0 Å². The molecule has 2 rings (SSSR count). The maximum absolute atomic E-state index is 12.7. The fourth-order valence-electron chi connectivity index (χ4n) is 3.26. The molecule has 0 aromatic heterocycles. The van der Waals surface area contributed by atoms with Gasteiger partial charge in [-0.05, 0) is 12.8 Å². The predicted molar refractivity (Wildman–Crippen MR) is 85.4 cm³/mol. The lowest BCUT2D eigenvalue weighted by atomic mass is 9.96. The summed E-state index contributed by atoms with van der Waals surface area (Å²) in [4.78, 5) is 13.5. The van der Waals surface area contributed by atoms with Gasteiger partial charge in [0.25, 0.3) is 10.2 Å². The molecular formula is C14H28N4O3S. The summed E-state index contributed by atoms with van der Waals surface area (Å²) in [5.41, 5.74) is 5.39. The molecule has 2 N–H and O–H groups in total. The number of rotatable bonds is 5. The fraction of sp³-hybridized carbons (Fsp3) is 0.929. The molecule has 0 spiro atoms. The van der Waals surface area contributed by atoms with Gasteiger partial charge in [-0.2, -0.15) is 17.0 Å². The highest BCUT2D eigenvalue weighted by atomic mass is 32.2. The molecule has 1 saturated heterocycles. The van der Waals surface area contributed by atoms with Crippen molar-refractivity contribution >= 4 is 16.1 Å². The molecule has 2 fully saturated rings. The summed E-state index contributed by atoms with van der Waals surface area (Å²) >= 11 is 0. The molecule has 8 heteroatoms. The van der Waals surface area contributed by atoms with Crippen LogP contribution < -0.4 is 5.73 Å². The van der Waals surface area contributed by atoms with Crippen molar-refractivity contribution < 1.29 is 13.2 Å². The normalized spacial score (nSPS) is 22.2. The molecule has 0 radical (unpaired) electrons. The highest BCUT2D eigenvalue weighted by molar-refractivity contribution is 7.86. The van der Waals surface area contributed by atoms with E-state index in [0.29, 0.717) is 39.1 Å². The van der Waals surface area contributed by atoms with Crippen molar-refractivity contribution in [2.24, 2.45) is 5.73 Å². The van der Waals surface area contributed by atoms with E-state index >= 15 is 0 Å². The van der Waals surface area contributed by atoms with E-state index in [1.54, 1.807) is 16.3 Å². The van der Waals surface area contributed by atoms with Crippen LogP contribution >= 0.6 is 0 Å². The van der Waals surface area contributed by atoms with Gasteiger partial charge >= 0.3 is 0 Å².